The largest absolute Gasteiger partial charge is 0.487 e. The lowest BCUT2D eigenvalue weighted by Gasteiger charge is -2.16. The van der Waals surface area contributed by atoms with E-state index in [4.69, 9.17) is 18.8 Å². The minimum Gasteiger partial charge on any atom is -0.459 e. The van der Waals surface area contributed by atoms with E-state index >= 15 is 0 Å². The second-order valence-electron chi connectivity index (χ2n) is 7.44. The zero-order valence-corrected chi connectivity index (χ0v) is 17.9. The van der Waals surface area contributed by atoms with Gasteiger partial charge in [-0.05, 0) is 16.7 Å². The highest BCUT2D eigenvalue weighted by Gasteiger charge is 2.48. The molecule has 0 bridgehead atoms. The van der Waals surface area contributed by atoms with Crippen LogP contribution >= 0.6 is 0 Å². The lowest BCUT2D eigenvalue weighted by molar-refractivity contribution is -0.165. The van der Waals surface area contributed by atoms with Crippen molar-refractivity contribution in [1.29, 1.82) is 0 Å². The minimum absolute atomic E-state index is 0.0653. The summed E-state index contributed by atoms with van der Waals surface area (Å²) in [6.45, 7) is 0.131. The van der Waals surface area contributed by atoms with Crippen LogP contribution in [0.3, 0.4) is 0 Å². The smallest absolute Gasteiger partial charge is 0.459 e. The molecule has 0 aliphatic carbocycles. The van der Waals surface area contributed by atoms with Gasteiger partial charge >= 0.3 is 19.1 Å². The molecule has 0 amide bonds. The van der Waals surface area contributed by atoms with E-state index < -0.39 is 31.3 Å². The molecule has 33 heavy (non-hydrogen) atoms. The maximum Gasteiger partial charge on any atom is 0.487 e. The Bertz CT molecular complexity index is 1010. The summed E-state index contributed by atoms with van der Waals surface area (Å²) in [7, 11) is -0.895. The van der Waals surface area contributed by atoms with E-state index in [2.05, 4.69) is 0 Å². The van der Waals surface area contributed by atoms with E-state index in [0.29, 0.717) is 0 Å². The van der Waals surface area contributed by atoms with Crippen LogP contribution in [0.4, 0.5) is 0 Å². The molecule has 166 valence electrons. The quantitative estimate of drug-likeness (QED) is 0.388. The van der Waals surface area contributed by atoms with Crippen molar-refractivity contribution in [3.63, 3.8) is 0 Å². The SMILES string of the molecule is O=C(OCc1ccccc1)[C@@H]1OB(/C=C/c2ccccc2)O[C@H]1C(=O)OCc1ccccc1. The van der Waals surface area contributed by atoms with Gasteiger partial charge in [0.15, 0.2) is 12.2 Å². The van der Waals surface area contributed by atoms with Gasteiger partial charge in [-0.25, -0.2) is 9.59 Å². The minimum atomic E-state index is -1.23. The van der Waals surface area contributed by atoms with Crippen molar-refractivity contribution in [3.05, 3.63) is 114 Å². The van der Waals surface area contributed by atoms with Crippen molar-refractivity contribution < 1.29 is 28.4 Å². The monoisotopic (exact) mass is 442 g/mol. The van der Waals surface area contributed by atoms with Crippen molar-refractivity contribution in [3.8, 4) is 0 Å². The van der Waals surface area contributed by atoms with Gasteiger partial charge in [-0.1, -0.05) is 103 Å². The summed E-state index contributed by atoms with van der Waals surface area (Å²) in [5.41, 5.74) is 2.59. The summed E-state index contributed by atoms with van der Waals surface area (Å²) < 4.78 is 22.3. The first kappa shape index (κ1) is 22.5. The van der Waals surface area contributed by atoms with Crippen LogP contribution in [-0.4, -0.2) is 31.3 Å². The molecule has 1 heterocycles. The van der Waals surface area contributed by atoms with Crippen LogP contribution in [0.5, 0.6) is 0 Å². The molecule has 1 aliphatic rings. The van der Waals surface area contributed by atoms with Crippen LogP contribution in [0.15, 0.2) is 97.0 Å². The summed E-state index contributed by atoms with van der Waals surface area (Å²) in [4.78, 5) is 25.5. The van der Waals surface area contributed by atoms with Crippen molar-refractivity contribution in [2.75, 3.05) is 0 Å². The van der Waals surface area contributed by atoms with E-state index in [-0.39, 0.29) is 13.2 Å². The number of ether oxygens (including phenoxy) is 2. The molecule has 2 atom stereocenters. The molecule has 1 aliphatic heterocycles. The Balaban J connectivity index is 1.43. The number of esters is 2. The Morgan fingerprint density at radius 2 is 1.12 bits per heavy atom. The number of rotatable bonds is 8. The summed E-state index contributed by atoms with van der Waals surface area (Å²) in [6, 6.07) is 28.1. The number of benzene rings is 3. The van der Waals surface area contributed by atoms with Crippen molar-refractivity contribution >= 4 is 25.1 Å². The van der Waals surface area contributed by atoms with Crippen LogP contribution in [0.1, 0.15) is 16.7 Å². The van der Waals surface area contributed by atoms with Crippen LogP contribution < -0.4 is 0 Å². The number of hydrogen-bond donors (Lipinski definition) is 0. The third kappa shape index (κ3) is 6.41. The lowest BCUT2D eigenvalue weighted by atomic mass is 9.89. The summed E-state index contributed by atoms with van der Waals surface area (Å²) in [6.07, 6.45) is -0.667. The van der Waals surface area contributed by atoms with Gasteiger partial charge in [0.05, 0.1) is 0 Å². The Hall–Kier alpha value is -3.68. The number of carbonyl (C=O) groups is 2. The van der Waals surface area contributed by atoms with Crippen LogP contribution in [0.25, 0.3) is 6.08 Å². The maximum atomic E-state index is 12.8. The van der Waals surface area contributed by atoms with E-state index in [1.54, 1.807) is 12.1 Å². The Kier molecular flexibility index (Phi) is 7.69. The Labute approximate surface area is 192 Å². The van der Waals surface area contributed by atoms with Gasteiger partial charge in [-0.15, -0.1) is 0 Å². The zero-order chi connectivity index (χ0) is 22.9. The molecule has 1 saturated heterocycles. The van der Waals surface area contributed by atoms with E-state index in [0.717, 1.165) is 16.7 Å². The highest BCUT2D eigenvalue weighted by molar-refractivity contribution is 6.53. The van der Waals surface area contributed by atoms with Gasteiger partial charge in [0.25, 0.3) is 0 Å². The second kappa shape index (κ2) is 11.3. The summed E-state index contributed by atoms with van der Waals surface area (Å²) in [5, 5.41) is 0. The van der Waals surface area contributed by atoms with Gasteiger partial charge in [-0.2, -0.15) is 0 Å². The molecule has 7 heteroatoms. The predicted molar refractivity (Wildman–Crippen MR) is 123 cm³/mol. The molecular formula is C26H23BO6. The average Bonchev–Trinajstić information content (AvgIpc) is 3.31. The summed E-state index contributed by atoms with van der Waals surface area (Å²) >= 11 is 0. The standard InChI is InChI=1S/C26H23BO6/c28-25(30-18-21-12-6-2-7-13-21)23-24(26(29)31-19-22-14-8-3-9-15-22)33-27(32-23)17-16-20-10-4-1-5-11-20/h1-17,23-24H,18-19H2/b17-16+/t23-,24-/m1/s1. The maximum absolute atomic E-state index is 12.8. The molecule has 0 spiro atoms. The highest BCUT2D eigenvalue weighted by atomic mass is 16.7. The van der Waals surface area contributed by atoms with Gasteiger partial charge in [0, 0.05) is 0 Å². The Morgan fingerprint density at radius 1 is 0.697 bits per heavy atom. The van der Waals surface area contributed by atoms with E-state index in [1.165, 1.54) is 0 Å². The Morgan fingerprint density at radius 3 is 1.58 bits per heavy atom. The molecule has 1 fully saturated rings. The molecular weight excluding hydrogens is 419 g/mol. The van der Waals surface area contributed by atoms with Crippen molar-refractivity contribution in [2.45, 2.75) is 25.4 Å². The van der Waals surface area contributed by atoms with E-state index in [9.17, 15) is 9.59 Å². The normalized spacial score (nSPS) is 17.8. The molecule has 3 aromatic rings. The third-order valence-electron chi connectivity index (χ3n) is 4.99. The van der Waals surface area contributed by atoms with Gasteiger partial charge < -0.3 is 18.8 Å². The van der Waals surface area contributed by atoms with Gasteiger partial charge in [-0.3, -0.25) is 0 Å². The average molecular weight is 442 g/mol. The fraction of sp³-hybridized carbons (Fsp3) is 0.154. The predicted octanol–water partition coefficient (Wildman–Crippen LogP) is 4.00. The van der Waals surface area contributed by atoms with Gasteiger partial charge in [0.1, 0.15) is 13.2 Å². The third-order valence-corrected chi connectivity index (χ3v) is 4.99. The molecule has 0 saturated carbocycles. The lowest BCUT2D eigenvalue weighted by Crippen LogP contribution is -2.39. The topological polar surface area (TPSA) is 71.1 Å². The van der Waals surface area contributed by atoms with Crippen molar-refractivity contribution in [2.24, 2.45) is 0 Å². The fourth-order valence-electron chi connectivity index (χ4n) is 3.29. The van der Waals surface area contributed by atoms with Crippen molar-refractivity contribution in [1.82, 2.24) is 0 Å². The first-order chi connectivity index (χ1) is 16.2. The molecule has 6 nitrogen and oxygen atoms in total. The molecule has 0 radical (unpaired) electrons. The molecule has 0 aromatic heterocycles. The molecule has 4 rings (SSSR count). The van der Waals surface area contributed by atoms with E-state index in [1.807, 2.05) is 91.0 Å². The molecule has 3 aromatic carbocycles. The van der Waals surface area contributed by atoms with Crippen LogP contribution in [0, 0.1) is 0 Å². The fourth-order valence-corrected chi connectivity index (χ4v) is 3.29. The molecule has 0 unspecified atom stereocenters. The first-order valence-corrected chi connectivity index (χ1v) is 10.6. The zero-order valence-electron chi connectivity index (χ0n) is 17.9. The second-order valence-corrected chi connectivity index (χ2v) is 7.44. The summed E-state index contributed by atoms with van der Waals surface area (Å²) in [5.74, 6) is 0.282. The first-order valence-electron chi connectivity index (χ1n) is 10.6. The van der Waals surface area contributed by atoms with Crippen LogP contribution in [0.2, 0.25) is 0 Å². The number of hydrogen-bond acceptors (Lipinski definition) is 6. The van der Waals surface area contributed by atoms with Crippen LogP contribution in [-0.2, 0) is 41.6 Å². The van der Waals surface area contributed by atoms with Gasteiger partial charge in [0.2, 0.25) is 0 Å². The number of carbonyl (C=O) groups excluding carboxylic acids is 2. The highest BCUT2D eigenvalue weighted by Crippen LogP contribution is 2.22. The molecule has 0 N–H and O–H groups in total.